The number of fused-ring (bicyclic) bond motifs is 1. The van der Waals surface area contributed by atoms with Crippen LogP contribution in [0, 0.1) is 0 Å². The number of aromatic nitrogens is 4. The number of hydrogen-bond donors (Lipinski definition) is 1. The molecule has 0 saturated carbocycles. The van der Waals surface area contributed by atoms with E-state index in [0.29, 0.717) is 0 Å². The van der Waals surface area contributed by atoms with Crippen molar-refractivity contribution in [1.82, 2.24) is 19.7 Å². The molecule has 5 nitrogen and oxygen atoms in total. The van der Waals surface area contributed by atoms with Crippen molar-refractivity contribution in [1.29, 1.82) is 0 Å². The normalized spacial score (nSPS) is 19.4. The molecule has 3 rings (SSSR count). The summed E-state index contributed by atoms with van der Waals surface area (Å²) in [5.74, 6) is 1.76. The molecule has 5 heteroatoms. The molecule has 2 aromatic rings. The summed E-state index contributed by atoms with van der Waals surface area (Å²) in [4.78, 5) is 8.50. The van der Waals surface area contributed by atoms with Crippen LogP contribution < -0.4 is 5.73 Å². The fourth-order valence-corrected chi connectivity index (χ4v) is 1.95. The van der Waals surface area contributed by atoms with Crippen molar-refractivity contribution in [2.75, 3.05) is 0 Å². The number of nitrogens with zero attached hydrogens (tertiary/aromatic N) is 4. The summed E-state index contributed by atoms with van der Waals surface area (Å²) in [6.07, 6.45) is 5.30. The van der Waals surface area contributed by atoms with E-state index in [1.54, 1.807) is 12.4 Å². The van der Waals surface area contributed by atoms with Gasteiger partial charge in [0, 0.05) is 37.0 Å². The van der Waals surface area contributed by atoms with E-state index in [-0.39, 0.29) is 6.04 Å². The first kappa shape index (κ1) is 9.47. The average Bonchev–Trinajstić information content (AvgIpc) is 2.73. The van der Waals surface area contributed by atoms with Crippen LogP contribution in [0.2, 0.25) is 0 Å². The number of hydrogen-bond acceptors (Lipinski definition) is 4. The van der Waals surface area contributed by atoms with Crippen LogP contribution in [0.5, 0.6) is 0 Å². The topological polar surface area (TPSA) is 69.6 Å². The molecule has 1 atom stereocenters. The van der Waals surface area contributed by atoms with Crippen LogP contribution in [0.25, 0.3) is 11.4 Å². The third-order valence-electron chi connectivity index (χ3n) is 2.84. The molecular formula is C11H13N5. The number of aryl methyl sites for hydroxylation is 1. The Labute approximate surface area is 93.3 Å². The largest absolute Gasteiger partial charge is 0.327 e. The van der Waals surface area contributed by atoms with Crippen molar-refractivity contribution < 1.29 is 0 Å². The Balaban J connectivity index is 1.99. The van der Waals surface area contributed by atoms with Crippen LogP contribution >= 0.6 is 0 Å². The molecule has 0 spiro atoms. The van der Waals surface area contributed by atoms with Gasteiger partial charge in [-0.15, -0.1) is 0 Å². The summed E-state index contributed by atoms with van der Waals surface area (Å²) in [5.41, 5.74) is 6.91. The van der Waals surface area contributed by atoms with E-state index < -0.39 is 0 Å². The fourth-order valence-electron chi connectivity index (χ4n) is 1.95. The highest BCUT2D eigenvalue weighted by Gasteiger charge is 2.19. The van der Waals surface area contributed by atoms with Crippen molar-refractivity contribution >= 4 is 0 Å². The van der Waals surface area contributed by atoms with Crippen LogP contribution in [-0.4, -0.2) is 25.8 Å². The van der Waals surface area contributed by atoms with Crippen LogP contribution in [-0.2, 0) is 13.0 Å². The molecule has 1 aliphatic heterocycles. The maximum atomic E-state index is 5.91. The molecule has 1 aliphatic rings. The first-order valence-electron chi connectivity index (χ1n) is 5.42. The van der Waals surface area contributed by atoms with Gasteiger partial charge in [-0.2, -0.15) is 5.10 Å². The van der Waals surface area contributed by atoms with Gasteiger partial charge in [0.1, 0.15) is 5.82 Å². The standard InChI is InChI=1S/C11H13N5/c12-9-3-6-16-10(7-9)14-11(15-16)8-1-4-13-5-2-8/h1-2,4-5,9H,3,6-7,12H2. The van der Waals surface area contributed by atoms with E-state index in [1.807, 2.05) is 16.8 Å². The summed E-state index contributed by atoms with van der Waals surface area (Å²) in [5, 5.41) is 4.48. The van der Waals surface area contributed by atoms with Gasteiger partial charge in [0.2, 0.25) is 0 Å². The van der Waals surface area contributed by atoms with Crippen molar-refractivity contribution in [3.63, 3.8) is 0 Å². The Hall–Kier alpha value is -1.75. The zero-order chi connectivity index (χ0) is 11.0. The van der Waals surface area contributed by atoms with Crippen LogP contribution in [0.15, 0.2) is 24.5 Å². The lowest BCUT2D eigenvalue weighted by molar-refractivity contribution is 0.433. The lowest BCUT2D eigenvalue weighted by atomic mass is 10.1. The van der Waals surface area contributed by atoms with Gasteiger partial charge in [-0.05, 0) is 18.6 Å². The molecule has 0 fully saturated rings. The quantitative estimate of drug-likeness (QED) is 0.756. The summed E-state index contributed by atoms with van der Waals surface area (Å²) in [6.45, 7) is 0.870. The number of pyridine rings is 1. The molecule has 82 valence electrons. The van der Waals surface area contributed by atoms with E-state index in [9.17, 15) is 0 Å². The van der Waals surface area contributed by atoms with Gasteiger partial charge in [-0.3, -0.25) is 4.98 Å². The molecule has 0 radical (unpaired) electrons. The molecule has 0 amide bonds. The number of rotatable bonds is 1. The SMILES string of the molecule is NC1CCn2nc(-c3ccncc3)nc2C1. The van der Waals surface area contributed by atoms with Gasteiger partial charge >= 0.3 is 0 Å². The highest BCUT2D eigenvalue weighted by atomic mass is 15.4. The molecular weight excluding hydrogens is 202 g/mol. The van der Waals surface area contributed by atoms with Crippen LogP contribution in [0.3, 0.4) is 0 Å². The minimum absolute atomic E-state index is 0.224. The average molecular weight is 215 g/mol. The van der Waals surface area contributed by atoms with E-state index in [4.69, 9.17) is 5.73 Å². The molecule has 2 aromatic heterocycles. The first-order valence-corrected chi connectivity index (χ1v) is 5.42. The monoisotopic (exact) mass is 215 g/mol. The second-order valence-corrected chi connectivity index (χ2v) is 4.06. The van der Waals surface area contributed by atoms with Gasteiger partial charge in [0.25, 0.3) is 0 Å². The molecule has 1 unspecified atom stereocenters. The second kappa shape index (κ2) is 3.68. The van der Waals surface area contributed by atoms with Crippen LogP contribution in [0.4, 0.5) is 0 Å². The zero-order valence-corrected chi connectivity index (χ0v) is 8.87. The maximum Gasteiger partial charge on any atom is 0.181 e. The smallest absolute Gasteiger partial charge is 0.181 e. The van der Waals surface area contributed by atoms with Crippen molar-refractivity contribution in [2.24, 2.45) is 5.73 Å². The van der Waals surface area contributed by atoms with Crippen molar-refractivity contribution in [3.05, 3.63) is 30.4 Å². The third-order valence-corrected chi connectivity index (χ3v) is 2.84. The van der Waals surface area contributed by atoms with Gasteiger partial charge in [-0.25, -0.2) is 9.67 Å². The highest BCUT2D eigenvalue weighted by molar-refractivity contribution is 5.53. The predicted molar refractivity (Wildman–Crippen MR) is 59.5 cm³/mol. The van der Waals surface area contributed by atoms with Gasteiger partial charge < -0.3 is 5.73 Å². The fraction of sp³-hybridized carbons (Fsp3) is 0.364. The van der Waals surface area contributed by atoms with Crippen LogP contribution in [0.1, 0.15) is 12.2 Å². The molecule has 0 aromatic carbocycles. The summed E-state index contributed by atoms with van der Waals surface area (Å²) >= 11 is 0. The summed E-state index contributed by atoms with van der Waals surface area (Å²) in [7, 11) is 0. The second-order valence-electron chi connectivity index (χ2n) is 4.06. The molecule has 0 saturated heterocycles. The Morgan fingerprint density at radius 3 is 2.94 bits per heavy atom. The molecule has 16 heavy (non-hydrogen) atoms. The molecule has 0 bridgehead atoms. The van der Waals surface area contributed by atoms with E-state index in [1.165, 1.54) is 0 Å². The first-order chi connectivity index (χ1) is 7.83. The lowest BCUT2D eigenvalue weighted by Crippen LogP contribution is -2.31. The van der Waals surface area contributed by atoms with Crippen molar-refractivity contribution in [2.45, 2.75) is 25.4 Å². The molecule has 0 aliphatic carbocycles. The van der Waals surface area contributed by atoms with Gasteiger partial charge in [0.15, 0.2) is 5.82 Å². The Bertz CT molecular complexity index is 490. The Kier molecular flexibility index (Phi) is 2.18. The summed E-state index contributed by atoms with van der Waals surface area (Å²) < 4.78 is 1.96. The van der Waals surface area contributed by atoms with Gasteiger partial charge in [-0.1, -0.05) is 0 Å². The Morgan fingerprint density at radius 2 is 2.12 bits per heavy atom. The predicted octanol–water partition coefficient (Wildman–Crippen LogP) is 0.614. The lowest BCUT2D eigenvalue weighted by Gasteiger charge is -2.17. The maximum absolute atomic E-state index is 5.91. The van der Waals surface area contributed by atoms with E-state index in [0.717, 1.165) is 36.6 Å². The highest BCUT2D eigenvalue weighted by Crippen LogP contribution is 2.18. The van der Waals surface area contributed by atoms with Gasteiger partial charge in [0.05, 0.1) is 0 Å². The number of nitrogens with two attached hydrogens (primary N) is 1. The zero-order valence-electron chi connectivity index (χ0n) is 8.87. The Morgan fingerprint density at radius 1 is 1.31 bits per heavy atom. The minimum atomic E-state index is 0.224. The third kappa shape index (κ3) is 1.59. The molecule has 2 N–H and O–H groups in total. The minimum Gasteiger partial charge on any atom is -0.327 e. The van der Waals surface area contributed by atoms with Crippen molar-refractivity contribution in [3.8, 4) is 11.4 Å². The molecule has 3 heterocycles. The van der Waals surface area contributed by atoms with E-state index >= 15 is 0 Å². The van der Waals surface area contributed by atoms with E-state index in [2.05, 4.69) is 15.1 Å². The summed E-state index contributed by atoms with van der Waals surface area (Å²) in [6, 6.07) is 4.06.